The van der Waals surface area contributed by atoms with E-state index in [1.807, 2.05) is 0 Å². The van der Waals surface area contributed by atoms with Gasteiger partial charge >= 0.3 is 17.9 Å². The maximum atomic E-state index is 12.2. The summed E-state index contributed by atoms with van der Waals surface area (Å²) in [6.07, 6.45) is 1.47. The Kier molecular flexibility index (Phi) is 9.53. The molecule has 2 aromatic rings. The lowest BCUT2D eigenvalue weighted by Crippen LogP contribution is -2.42. The van der Waals surface area contributed by atoms with Crippen molar-refractivity contribution < 1.29 is 34.5 Å². The summed E-state index contributed by atoms with van der Waals surface area (Å²) in [5, 5.41) is 40.8. The normalized spacial score (nSPS) is 12.2. The first-order chi connectivity index (χ1) is 16.2. The molecule has 0 bridgehead atoms. The predicted molar refractivity (Wildman–Crippen MR) is 115 cm³/mol. The summed E-state index contributed by atoms with van der Waals surface area (Å²) >= 11 is 0. The van der Waals surface area contributed by atoms with E-state index in [1.165, 1.54) is 6.20 Å². The number of nitrogens with one attached hydrogen (secondary N) is 1. The third kappa shape index (κ3) is 8.24. The van der Waals surface area contributed by atoms with Gasteiger partial charge in [0.15, 0.2) is 6.04 Å². The van der Waals surface area contributed by atoms with Gasteiger partial charge in [-0.15, -0.1) is 5.10 Å². The van der Waals surface area contributed by atoms with Crippen LogP contribution in [0.4, 0.5) is 5.69 Å². The van der Waals surface area contributed by atoms with E-state index in [0.717, 1.165) is 10.2 Å². The minimum atomic E-state index is -1.30. The Balaban J connectivity index is 1.90. The number of aromatic nitrogens is 3. The van der Waals surface area contributed by atoms with Gasteiger partial charge in [-0.2, -0.15) is 0 Å². The number of carboxylic acid groups (broad SMARTS) is 3. The number of benzene rings is 1. The van der Waals surface area contributed by atoms with Gasteiger partial charge < -0.3 is 20.6 Å². The number of aryl methyl sites for hydroxylation is 1. The maximum Gasteiger partial charge on any atom is 0.328 e. The number of nitrogens with zero attached hydrogens (tertiary/aromatic N) is 6. The van der Waals surface area contributed by atoms with Crippen LogP contribution >= 0.6 is 0 Å². The molecule has 1 heterocycles. The number of azide groups is 1. The molecule has 14 nitrogen and oxygen atoms in total. The number of amides is 1. The Morgan fingerprint density at radius 1 is 1.09 bits per heavy atom. The highest BCUT2D eigenvalue weighted by Gasteiger charge is 2.25. The van der Waals surface area contributed by atoms with Gasteiger partial charge in [0.25, 0.3) is 0 Å². The second-order valence-electron chi connectivity index (χ2n) is 7.35. The van der Waals surface area contributed by atoms with Crippen LogP contribution < -0.4 is 5.32 Å². The molecule has 0 fully saturated rings. The molecule has 1 aromatic heterocycles. The molecule has 2 unspecified atom stereocenters. The molecule has 0 aliphatic rings. The summed E-state index contributed by atoms with van der Waals surface area (Å²) in [6, 6.07) is 4.27. The molecule has 4 N–H and O–H groups in total. The van der Waals surface area contributed by atoms with Crippen molar-refractivity contribution in [2.24, 2.45) is 5.11 Å². The molecule has 1 aromatic carbocycles. The average Bonchev–Trinajstić information content (AvgIpc) is 3.22. The van der Waals surface area contributed by atoms with Gasteiger partial charge in [-0.05, 0) is 30.4 Å². The molecular formula is C20H23N7O7. The van der Waals surface area contributed by atoms with Crippen LogP contribution in [0.25, 0.3) is 10.4 Å². The fourth-order valence-corrected chi connectivity index (χ4v) is 3.10. The van der Waals surface area contributed by atoms with E-state index in [-0.39, 0.29) is 25.0 Å². The third-order valence-corrected chi connectivity index (χ3v) is 4.81. The first-order valence-corrected chi connectivity index (χ1v) is 10.2. The van der Waals surface area contributed by atoms with Crippen LogP contribution in [0.2, 0.25) is 0 Å². The van der Waals surface area contributed by atoms with Crippen molar-refractivity contribution in [1.82, 2.24) is 20.3 Å². The molecule has 180 valence electrons. The second-order valence-corrected chi connectivity index (χ2v) is 7.35. The van der Waals surface area contributed by atoms with E-state index in [0.29, 0.717) is 18.5 Å². The average molecular weight is 473 g/mol. The van der Waals surface area contributed by atoms with Crippen molar-refractivity contribution in [1.29, 1.82) is 0 Å². The zero-order chi connectivity index (χ0) is 25.1. The largest absolute Gasteiger partial charge is 0.481 e. The first kappa shape index (κ1) is 25.8. The van der Waals surface area contributed by atoms with Gasteiger partial charge in [0.1, 0.15) is 6.04 Å². The van der Waals surface area contributed by atoms with Crippen LogP contribution in [0, 0.1) is 0 Å². The molecule has 0 saturated heterocycles. The Labute approximate surface area is 192 Å². The van der Waals surface area contributed by atoms with E-state index in [4.69, 9.17) is 10.6 Å². The number of carboxylic acids is 3. The monoisotopic (exact) mass is 473 g/mol. The van der Waals surface area contributed by atoms with Crippen molar-refractivity contribution in [2.45, 2.75) is 50.6 Å². The molecule has 2 atom stereocenters. The van der Waals surface area contributed by atoms with Crippen LogP contribution in [0.15, 0.2) is 35.6 Å². The van der Waals surface area contributed by atoms with Crippen molar-refractivity contribution in [2.75, 3.05) is 0 Å². The summed E-state index contributed by atoms with van der Waals surface area (Å²) in [5.41, 5.74) is 9.93. The zero-order valence-corrected chi connectivity index (χ0v) is 17.9. The number of hydrogen-bond donors (Lipinski definition) is 4. The second kappa shape index (κ2) is 12.6. The maximum absolute atomic E-state index is 12.2. The molecule has 0 aliphatic carbocycles. The van der Waals surface area contributed by atoms with E-state index in [1.54, 1.807) is 24.3 Å². The zero-order valence-electron chi connectivity index (χ0n) is 17.9. The number of rotatable bonds is 14. The highest BCUT2D eigenvalue weighted by atomic mass is 16.4. The highest BCUT2D eigenvalue weighted by molar-refractivity contribution is 5.83. The van der Waals surface area contributed by atoms with Gasteiger partial charge in [0.05, 0.1) is 5.69 Å². The van der Waals surface area contributed by atoms with E-state index >= 15 is 0 Å². The van der Waals surface area contributed by atoms with Gasteiger partial charge in [-0.1, -0.05) is 34.6 Å². The number of carbonyl (C=O) groups excluding carboxylic acids is 1. The third-order valence-electron chi connectivity index (χ3n) is 4.81. The topological polar surface area (TPSA) is 220 Å². The predicted octanol–water partition coefficient (Wildman–Crippen LogP) is 1.85. The smallest absolute Gasteiger partial charge is 0.328 e. The molecule has 0 saturated carbocycles. The summed E-state index contributed by atoms with van der Waals surface area (Å²) in [6.45, 7) is 0. The fourth-order valence-electron chi connectivity index (χ4n) is 3.10. The van der Waals surface area contributed by atoms with Crippen molar-refractivity contribution in [3.63, 3.8) is 0 Å². The molecule has 0 aliphatic heterocycles. The van der Waals surface area contributed by atoms with Crippen molar-refractivity contribution >= 4 is 29.5 Å². The Morgan fingerprint density at radius 3 is 2.38 bits per heavy atom. The summed E-state index contributed by atoms with van der Waals surface area (Å²) in [7, 11) is 0. The van der Waals surface area contributed by atoms with Crippen LogP contribution in [-0.4, -0.2) is 60.2 Å². The summed E-state index contributed by atoms with van der Waals surface area (Å²) in [5.74, 6) is -4.23. The quantitative estimate of drug-likeness (QED) is 0.178. The fraction of sp³-hybridized carbons (Fsp3) is 0.400. The van der Waals surface area contributed by atoms with Crippen molar-refractivity contribution in [3.05, 3.63) is 52.2 Å². The first-order valence-electron chi connectivity index (χ1n) is 10.2. The number of aliphatic carboxylic acids is 3. The SMILES string of the molecule is [N-]=[N+]=Nc1ccc(CCCC(=O)NC(Cc2cn(C(CCC(=O)O)C(=O)O)nn2)C(=O)O)cc1. The highest BCUT2D eigenvalue weighted by Crippen LogP contribution is 2.16. The van der Waals surface area contributed by atoms with Crippen LogP contribution in [0.5, 0.6) is 0 Å². The molecular weight excluding hydrogens is 450 g/mol. The lowest BCUT2D eigenvalue weighted by atomic mass is 10.1. The molecule has 0 spiro atoms. The molecule has 2 rings (SSSR count). The van der Waals surface area contributed by atoms with Gasteiger partial charge in [-0.25, -0.2) is 14.3 Å². The van der Waals surface area contributed by atoms with E-state index < -0.39 is 42.3 Å². The van der Waals surface area contributed by atoms with Crippen LogP contribution in [-0.2, 0) is 32.0 Å². The Morgan fingerprint density at radius 2 is 1.79 bits per heavy atom. The van der Waals surface area contributed by atoms with Crippen LogP contribution in [0.3, 0.4) is 0 Å². The van der Waals surface area contributed by atoms with E-state index in [2.05, 4.69) is 25.7 Å². The molecule has 14 heteroatoms. The summed E-state index contributed by atoms with van der Waals surface area (Å²) < 4.78 is 0.967. The number of hydrogen-bond acceptors (Lipinski definition) is 7. The molecule has 0 radical (unpaired) electrons. The Hall–Kier alpha value is -4.45. The lowest BCUT2D eigenvalue weighted by molar-refractivity contribution is -0.143. The van der Waals surface area contributed by atoms with Crippen LogP contribution in [0.1, 0.15) is 43.0 Å². The lowest BCUT2D eigenvalue weighted by Gasteiger charge is -2.13. The minimum Gasteiger partial charge on any atom is -0.481 e. The molecule has 34 heavy (non-hydrogen) atoms. The van der Waals surface area contributed by atoms with Gasteiger partial charge in [0, 0.05) is 36.1 Å². The van der Waals surface area contributed by atoms with Gasteiger partial charge in [0.2, 0.25) is 5.91 Å². The summed E-state index contributed by atoms with van der Waals surface area (Å²) in [4.78, 5) is 48.6. The van der Waals surface area contributed by atoms with Crippen molar-refractivity contribution in [3.8, 4) is 0 Å². The minimum absolute atomic E-state index is 0.0743. The standard InChI is InChI=1S/C20H23N7O7/c21-25-23-13-6-4-12(5-7-13)2-1-3-17(28)22-15(19(31)32)10-14-11-27(26-24-14)16(20(33)34)8-9-18(29)30/h4-7,11,15-16H,1-3,8-10H2,(H,22,28)(H,29,30)(H,31,32)(H,33,34). The molecule has 1 amide bonds. The van der Waals surface area contributed by atoms with E-state index in [9.17, 15) is 29.4 Å². The Bertz CT molecular complexity index is 1080. The van der Waals surface area contributed by atoms with Gasteiger partial charge in [-0.3, -0.25) is 9.59 Å². The number of carbonyl (C=O) groups is 4.